The third kappa shape index (κ3) is 3.54. The van der Waals surface area contributed by atoms with Crippen LogP contribution < -0.4 is 5.32 Å². The number of carbonyl (C=O) groups excluding carboxylic acids is 1. The summed E-state index contributed by atoms with van der Waals surface area (Å²) in [5, 5.41) is 7.66. The van der Waals surface area contributed by atoms with Crippen LogP contribution in [0.2, 0.25) is 0 Å². The summed E-state index contributed by atoms with van der Waals surface area (Å²) >= 11 is 3.54. The molecule has 1 saturated heterocycles. The van der Waals surface area contributed by atoms with Crippen molar-refractivity contribution in [1.82, 2.24) is 20.0 Å². The maximum atomic E-state index is 12.4. The molecule has 1 aromatic heterocycles. The van der Waals surface area contributed by atoms with Crippen LogP contribution in [-0.2, 0) is 0 Å². The van der Waals surface area contributed by atoms with Gasteiger partial charge >= 0.3 is 0 Å². The first-order valence-corrected chi connectivity index (χ1v) is 9.06. The number of aromatic nitrogens is 2. The highest BCUT2D eigenvalue weighted by Crippen LogP contribution is 2.23. The summed E-state index contributed by atoms with van der Waals surface area (Å²) in [4.78, 5) is 14.7. The number of nitrogens with zero attached hydrogens (tertiary/aromatic N) is 3. The van der Waals surface area contributed by atoms with Crippen LogP contribution >= 0.6 is 15.9 Å². The van der Waals surface area contributed by atoms with Gasteiger partial charge in [-0.05, 0) is 87.0 Å². The number of halogens is 1. The van der Waals surface area contributed by atoms with Crippen molar-refractivity contribution in [3.05, 3.63) is 45.7 Å². The Hall–Kier alpha value is -1.66. The van der Waals surface area contributed by atoms with Gasteiger partial charge in [0.1, 0.15) is 0 Å². The minimum atomic E-state index is 0.00523. The number of benzene rings is 1. The maximum Gasteiger partial charge on any atom is 0.251 e. The lowest BCUT2D eigenvalue weighted by atomic mass is 10.0. The molecule has 1 fully saturated rings. The van der Waals surface area contributed by atoms with Crippen molar-refractivity contribution in [3.63, 3.8) is 0 Å². The highest BCUT2D eigenvalue weighted by molar-refractivity contribution is 9.10. The number of rotatable bonds is 3. The number of likely N-dealkylation sites (tertiary alicyclic amines) is 1. The Balaban J connectivity index is 1.70. The van der Waals surface area contributed by atoms with E-state index in [1.165, 1.54) is 0 Å². The van der Waals surface area contributed by atoms with E-state index in [2.05, 4.69) is 38.3 Å². The Bertz CT molecular complexity index is 730. The van der Waals surface area contributed by atoms with Gasteiger partial charge in [-0.15, -0.1) is 0 Å². The first-order chi connectivity index (χ1) is 11.5. The number of carbonyl (C=O) groups is 1. The Kier molecular flexibility index (Phi) is 5.06. The molecule has 6 heteroatoms. The summed E-state index contributed by atoms with van der Waals surface area (Å²) in [6, 6.07) is 7.89. The van der Waals surface area contributed by atoms with Crippen LogP contribution in [0.1, 0.15) is 34.6 Å². The molecule has 5 nitrogen and oxygen atoms in total. The zero-order valence-corrected chi connectivity index (χ0v) is 15.9. The molecular weight excluding hydrogens is 368 g/mol. The molecule has 0 atom stereocenters. The molecule has 2 heterocycles. The zero-order chi connectivity index (χ0) is 17.3. The van der Waals surface area contributed by atoms with Gasteiger partial charge in [0.05, 0.1) is 21.5 Å². The molecule has 1 amide bonds. The zero-order valence-electron chi connectivity index (χ0n) is 14.3. The third-order valence-corrected chi connectivity index (χ3v) is 5.78. The highest BCUT2D eigenvalue weighted by Gasteiger charge is 2.19. The van der Waals surface area contributed by atoms with Crippen LogP contribution in [0.15, 0.2) is 28.7 Å². The number of piperidine rings is 1. The minimum Gasteiger partial charge on any atom is -0.349 e. The molecule has 0 bridgehead atoms. The largest absolute Gasteiger partial charge is 0.349 e. The fraction of sp³-hybridized carbons (Fsp3) is 0.444. The molecule has 0 saturated carbocycles. The van der Waals surface area contributed by atoms with Crippen molar-refractivity contribution in [3.8, 4) is 5.69 Å². The number of hydrogen-bond donors (Lipinski definition) is 1. The van der Waals surface area contributed by atoms with Gasteiger partial charge in [-0.25, -0.2) is 4.68 Å². The SMILES string of the molecule is Cc1nn(-c2ccc(C(=O)NC3CCN(C)CC3)cc2)c(C)c1Br. The molecule has 0 radical (unpaired) electrons. The van der Waals surface area contributed by atoms with Crippen LogP contribution in [0, 0.1) is 13.8 Å². The predicted octanol–water partition coefficient (Wildman–Crippen LogP) is 3.08. The van der Waals surface area contributed by atoms with Crippen molar-refractivity contribution >= 4 is 21.8 Å². The molecule has 1 aliphatic heterocycles. The van der Waals surface area contributed by atoms with Crippen LogP contribution in [0.5, 0.6) is 0 Å². The summed E-state index contributed by atoms with van der Waals surface area (Å²) in [5.74, 6) is 0.00523. The predicted molar refractivity (Wildman–Crippen MR) is 98.7 cm³/mol. The lowest BCUT2D eigenvalue weighted by Crippen LogP contribution is -2.43. The summed E-state index contributed by atoms with van der Waals surface area (Å²) in [6.45, 7) is 6.06. The first kappa shape index (κ1) is 17.2. The summed E-state index contributed by atoms with van der Waals surface area (Å²) in [5.41, 5.74) is 3.66. The fourth-order valence-electron chi connectivity index (χ4n) is 3.05. The Morgan fingerprint density at radius 1 is 1.21 bits per heavy atom. The molecule has 3 rings (SSSR count). The molecule has 0 spiro atoms. The van der Waals surface area contributed by atoms with E-state index < -0.39 is 0 Å². The monoisotopic (exact) mass is 390 g/mol. The molecule has 1 aromatic carbocycles. The van der Waals surface area contributed by atoms with Crippen LogP contribution in [0.4, 0.5) is 0 Å². The van der Waals surface area contributed by atoms with Gasteiger partial charge in [-0.3, -0.25) is 4.79 Å². The Morgan fingerprint density at radius 2 is 1.83 bits per heavy atom. The second kappa shape index (κ2) is 7.07. The molecule has 1 aliphatic rings. The van der Waals surface area contributed by atoms with E-state index in [4.69, 9.17) is 0 Å². The second-order valence-electron chi connectivity index (χ2n) is 6.49. The van der Waals surface area contributed by atoms with Crippen LogP contribution in [0.25, 0.3) is 5.69 Å². The lowest BCUT2D eigenvalue weighted by Gasteiger charge is -2.29. The standard InChI is InChI=1S/C18H23BrN4O/c1-12-17(19)13(2)23(21-12)16-6-4-14(5-7-16)18(24)20-15-8-10-22(3)11-9-15/h4-7,15H,8-11H2,1-3H3,(H,20,24). The quantitative estimate of drug-likeness (QED) is 0.875. The fourth-order valence-corrected chi connectivity index (χ4v) is 3.30. The van der Waals surface area contributed by atoms with E-state index in [0.29, 0.717) is 5.56 Å². The average Bonchev–Trinajstić information content (AvgIpc) is 2.84. The molecule has 2 aromatic rings. The number of amides is 1. The smallest absolute Gasteiger partial charge is 0.251 e. The van der Waals surface area contributed by atoms with E-state index in [1.807, 2.05) is 42.8 Å². The van der Waals surface area contributed by atoms with Crippen LogP contribution in [-0.4, -0.2) is 46.8 Å². The summed E-state index contributed by atoms with van der Waals surface area (Å²) in [6.07, 6.45) is 2.03. The molecule has 0 aliphatic carbocycles. The number of hydrogen-bond acceptors (Lipinski definition) is 3. The average molecular weight is 391 g/mol. The van der Waals surface area contributed by atoms with Crippen molar-refractivity contribution in [2.24, 2.45) is 0 Å². The van der Waals surface area contributed by atoms with Gasteiger partial charge in [-0.1, -0.05) is 0 Å². The molecule has 1 N–H and O–H groups in total. The molecule has 0 unspecified atom stereocenters. The van der Waals surface area contributed by atoms with E-state index in [9.17, 15) is 4.79 Å². The van der Waals surface area contributed by atoms with Crippen molar-refractivity contribution in [1.29, 1.82) is 0 Å². The van der Waals surface area contributed by atoms with Gasteiger partial charge in [0.15, 0.2) is 0 Å². The van der Waals surface area contributed by atoms with Gasteiger partial charge in [0.2, 0.25) is 0 Å². The summed E-state index contributed by atoms with van der Waals surface area (Å²) in [7, 11) is 2.12. The minimum absolute atomic E-state index is 0.00523. The van der Waals surface area contributed by atoms with E-state index in [-0.39, 0.29) is 11.9 Å². The van der Waals surface area contributed by atoms with E-state index >= 15 is 0 Å². The molecular formula is C18H23BrN4O. The van der Waals surface area contributed by atoms with Crippen molar-refractivity contribution < 1.29 is 4.79 Å². The molecule has 24 heavy (non-hydrogen) atoms. The van der Waals surface area contributed by atoms with Crippen molar-refractivity contribution in [2.75, 3.05) is 20.1 Å². The topological polar surface area (TPSA) is 50.2 Å². The highest BCUT2D eigenvalue weighted by atomic mass is 79.9. The van der Waals surface area contributed by atoms with Gasteiger partial charge < -0.3 is 10.2 Å². The van der Waals surface area contributed by atoms with Gasteiger partial charge in [0, 0.05) is 11.6 Å². The normalized spacial score (nSPS) is 16.3. The van der Waals surface area contributed by atoms with E-state index in [1.54, 1.807) is 0 Å². The molecule has 128 valence electrons. The maximum absolute atomic E-state index is 12.4. The second-order valence-corrected chi connectivity index (χ2v) is 7.29. The Labute approximate surface area is 151 Å². The number of nitrogens with one attached hydrogen (secondary N) is 1. The number of aryl methyl sites for hydroxylation is 1. The summed E-state index contributed by atoms with van der Waals surface area (Å²) < 4.78 is 2.91. The lowest BCUT2D eigenvalue weighted by molar-refractivity contribution is 0.0917. The first-order valence-electron chi connectivity index (χ1n) is 8.27. The van der Waals surface area contributed by atoms with Gasteiger partial charge in [0.25, 0.3) is 5.91 Å². The van der Waals surface area contributed by atoms with Crippen LogP contribution in [0.3, 0.4) is 0 Å². The Morgan fingerprint density at radius 3 is 2.38 bits per heavy atom. The third-order valence-electron chi connectivity index (χ3n) is 4.63. The van der Waals surface area contributed by atoms with Crippen molar-refractivity contribution in [2.45, 2.75) is 32.7 Å². The van der Waals surface area contributed by atoms with E-state index in [0.717, 1.165) is 47.5 Å². The van der Waals surface area contributed by atoms with Gasteiger partial charge in [-0.2, -0.15) is 5.10 Å².